The molecule has 0 fully saturated rings. The highest BCUT2D eigenvalue weighted by Gasteiger charge is 2.23. The number of hydrogen-bond donors (Lipinski definition) is 0. The lowest BCUT2D eigenvalue weighted by Crippen LogP contribution is -2.03. The largest absolute Gasteiger partial charge is 0.309 e. The van der Waals surface area contributed by atoms with E-state index in [1.165, 1.54) is 76.2 Å². The van der Waals surface area contributed by atoms with Gasteiger partial charge in [0, 0.05) is 87.6 Å². The zero-order chi connectivity index (χ0) is 64.8. The van der Waals surface area contributed by atoms with Gasteiger partial charge in [-0.05, 0) is 185 Å². The summed E-state index contributed by atoms with van der Waals surface area (Å²) in [5.41, 5.74) is 25.6. The second-order valence-corrected chi connectivity index (χ2v) is 26.1. The van der Waals surface area contributed by atoms with Gasteiger partial charge in [-0.3, -0.25) is 4.57 Å². The highest BCUT2D eigenvalue weighted by atomic mass is 15.2. The Morgan fingerprint density at radius 3 is 0.808 bits per heavy atom. The standard InChI is InChI=1S/C92H57N7/c1-4-22-65(23-5-1)95-81-35-16-11-29-69(81)74-52-58(39-45-85(74)95)61-44-50-90-77(55-61)72-32-14-19-38-84(72)99(90)92-93-80-34-15-10-33-73(80)91(94-92)64-21-20-28-68(51-64)98-88-48-42-62(59-40-46-86-75(53-59)70-30-12-17-36-82(70)96(86)66-24-6-2-7-25-66)56-78(88)79-57-63(43-49-89(79)98)60-41-47-87-76(54-60)71-31-13-18-37-83(71)97(87)67-26-8-3-9-27-67/h1-57H. The minimum absolute atomic E-state index is 0.616. The van der Waals surface area contributed by atoms with Gasteiger partial charge in [0.25, 0.3) is 0 Å². The zero-order valence-electron chi connectivity index (χ0n) is 53.5. The molecule has 0 radical (unpaired) electrons. The van der Waals surface area contributed by atoms with Crippen LogP contribution in [0, 0.1) is 0 Å². The molecule has 0 unspecified atom stereocenters. The van der Waals surface area contributed by atoms with Gasteiger partial charge >= 0.3 is 0 Å². The van der Waals surface area contributed by atoms with Crippen LogP contribution in [0.2, 0.25) is 0 Å². The normalized spacial score (nSPS) is 12.0. The summed E-state index contributed by atoms with van der Waals surface area (Å²) in [6.07, 6.45) is 0. The van der Waals surface area contributed by atoms with E-state index in [1.54, 1.807) is 0 Å². The van der Waals surface area contributed by atoms with Gasteiger partial charge in [0.2, 0.25) is 5.95 Å². The summed E-state index contributed by atoms with van der Waals surface area (Å²) in [5, 5.41) is 13.0. The Bertz CT molecular complexity index is 6690. The Balaban J connectivity index is 0.719. The molecule has 0 atom stereocenters. The second-order valence-electron chi connectivity index (χ2n) is 26.1. The molecule has 0 amide bonds. The number of hydrogen-bond acceptors (Lipinski definition) is 2. The fourth-order valence-corrected chi connectivity index (χ4v) is 16.2. The van der Waals surface area contributed by atoms with E-state index in [-0.39, 0.29) is 0 Å². The van der Waals surface area contributed by atoms with Gasteiger partial charge < -0.3 is 18.3 Å². The van der Waals surface area contributed by atoms with E-state index in [0.29, 0.717) is 5.95 Å². The summed E-state index contributed by atoms with van der Waals surface area (Å²) in [6, 6.07) is 126. The lowest BCUT2D eigenvalue weighted by Gasteiger charge is -2.14. The first-order valence-electron chi connectivity index (χ1n) is 33.9. The van der Waals surface area contributed by atoms with Gasteiger partial charge in [0.15, 0.2) is 0 Å². The average molecular weight is 1260 g/mol. The fourth-order valence-electron chi connectivity index (χ4n) is 16.2. The zero-order valence-corrected chi connectivity index (χ0v) is 53.5. The number of benzene rings is 15. The van der Waals surface area contributed by atoms with Crippen LogP contribution < -0.4 is 0 Å². The van der Waals surface area contributed by atoms with E-state index >= 15 is 0 Å². The first kappa shape index (κ1) is 55.0. The molecule has 7 nitrogen and oxygen atoms in total. The molecule has 7 heteroatoms. The fraction of sp³-hybridized carbons (Fsp3) is 0. The van der Waals surface area contributed by atoms with Gasteiger partial charge in [-0.25, -0.2) is 9.97 Å². The maximum absolute atomic E-state index is 5.68. The molecule has 0 bridgehead atoms. The van der Waals surface area contributed by atoms with Crippen molar-refractivity contribution in [1.29, 1.82) is 0 Å². The van der Waals surface area contributed by atoms with E-state index in [2.05, 4.69) is 369 Å². The number of rotatable bonds is 9. The number of fused-ring (bicyclic) bond motifs is 16. The van der Waals surface area contributed by atoms with Gasteiger partial charge in [0.05, 0.1) is 66.4 Å². The lowest BCUT2D eigenvalue weighted by atomic mass is 9.98. The van der Waals surface area contributed by atoms with Gasteiger partial charge in [-0.1, -0.05) is 194 Å². The van der Waals surface area contributed by atoms with Crippen LogP contribution in [0.4, 0.5) is 0 Å². The van der Waals surface area contributed by atoms with E-state index in [1.807, 2.05) is 0 Å². The van der Waals surface area contributed by atoms with Crippen LogP contribution in [0.3, 0.4) is 0 Å². The Labute approximate surface area is 568 Å². The number of nitrogens with zero attached hydrogens (tertiary/aromatic N) is 7. The van der Waals surface area contributed by atoms with Crippen molar-refractivity contribution in [2.75, 3.05) is 0 Å². The van der Waals surface area contributed by atoms with Crippen LogP contribution in [0.5, 0.6) is 0 Å². The van der Waals surface area contributed by atoms with E-state index in [4.69, 9.17) is 9.97 Å². The minimum Gasteiger partial charge on any atom is -0.309 e. The lowest BCUT2D eigenvalue weighted by molar-refractivity contribution is 1.01. The molecule has 99 heavy (non-hydrogen) atoms. The van der Waals surface area contributed by atoms with Crippen molar-refractivity contribution in [3.05, 3.63) is 346 Å². The molecule has 0 aliphatic carbocycles. The molecule has 21 aromatic rings. The quantitative estimate of drug-likeness (QED) is 0.145. The summed E-state index contributed by atoms with van der Waals surface area (Å²) >= 11 is 0. The molecule has 460 valence electrons. The van der Waals surface area contributed by atoms with Crippen LogP contribution >= 0.6 is 0 Å². The molecule has 0 aliphatic heterocycles. The van der Waals surface area contributed by atoms with Crippen LogP contribution in [-0.2, 0) is 0 Å². The predicted octanol–water partition coefficient (Wildman–Crippen LogP) is 23.8. The Morgan fingerprint density at radius 1 is 0.162 bits per heavy atom. The van der Waals surface area contributed by atoms with Gasteiger partial charge in [-0.15, -0.1) is 0 Å². The molecule has 0 spiro atoms. The molecule has 21 rings (SSSR count). The molecule has 0 N–H and O–H groups in total. The van der Waals surface area contributed by atoms with Crippen LogP contribution in [-0.4, -0.2) is 32.8 Å². The third kappa shape index (κ3) is 8.44. The molecular weight excluding hydrogens is 1200 g/mol. The van der Waals surface area contributed by atoms with E-state index < -0.39 is 0 Å². The molecule has 0 saturated heterocycles. The van der Waals surface area contributed by atoms with Crippen molar-refractivity contribution < 1.29 is 0 Å². The predicted molar refractivity (Wildman–Crippen MR) is 413 cm³/mol. The van der Waals surface area contributed by atoms with Crippen molar-refractivity contribution in [1.82, 2.24) is 32.8 Å². The summed E-state index contributed by atoms with van der Waals surface area (Å²) in [4.78, 5) is 11.1. The number of aromatic nitrogens is 7. The van der Waals surface area contributed by atoms with Crippen molar-refractivity contribution in [2.45, 2.75) is 0 Å². The Kier molecular flexibility index (Phi) is 12.0. The molecule has 6 heterocycles. The summed E-state index contributed by atoms with van der Waals surface area (Å²) in [6.45, 7) is 0. The second kappa shape index (κ2) is 21.6. The van der Waals surface area contributed by atoms with Crippen molar-refractivity contribution >= 4 is 120 Å². The number of para-hydroxylation sites is 8. The maximum atomic E-state index is 5.68. The Hall–Kier alpha value is -13.4. The first-order valence-corrected chi connectivity index (χ1v) is 33.9. The van der Waals surface area contributed by atoms with Crippen LogP contribution in [0.25, 0.3) is 193 Å². The smallest absolute Gasteiger partial charge is 0.235 e. The van der Waals surface area contributed by atoms with Crippen LogP contribution in [0.1, 0.15) is 0 Å². The molecule has 6 aromatic heterocycles. The Morgan fingerprint density at radius 2 is 0.434 bits per heavy atom. The monoisotopic (exact) mass is 1260 g/mol. The molecular formula is C92H57N7. The SMILES string of the molecule is c1ccc(-n2c3ccccc3c3cc(-c4ccc5c(c4)c4cc(-c6ccc7c(c6)c6ccccc6n7-c6ccccc6)ccc4n5-c4cccc(-c5nc(-n6c7ccccc7c7cc(-c8ccc9c(c8)c8ccccc8n9-c8ccccc8)ccc76)nc6ccccc56)c4)ccc32)cc1. The van der Waals surface area contributed by atoms with Crippen molar-refractivity contribution in [2.24, 2.45) is 0 Å². The van der Waals surface area contributed by atoms with E-state index in [9.17, 15) is 0 Å². The van der Waals surface area contributed by atoms with Crippen molar-refractivity contribution in [3.63, 3.8) is 0 Å². The maximum Gasteiger partial charge on any atom is 0.235 e. The summed E-state index contributed by atoms with van der Waals surface area (Å²) < 4.78 is 11.8. The third-order valence-corrected chi connectivity index (χ3v) is 20.7. The molecule has 15 aromatic carbocycles. The van der Waals surface area contributed by atoms with E-state index in [0.717, 1.165) is 111 Å². The van der Waals surface area contributed by atoms with Crippen molar-refractivity contribution in [3.8, 4) is 73.3 Å². The topological polar surface area (TPSA) is 50.4 Å². The first-order chi connectivity index (χ1) is 49.1. The molecule has 0 aliphatic rings. The highest BCUT2D eigenvalue weighted by Crippen LogP contribution is 2.44. The summed E-state index contributed by atoms with van der Waals surface area (Å²) in [5.74, 6) is 0.616. The highest BCUT2D eigenvalue weighted by molar-refractivity contribution is 6.17. The summed E-state index contributed by atoms with van der Waals surface area (Å²) in [7, 11) is 0. The third-order valence-electron chi connectivity index (χ3n) is 20.7. The average Bonchev–Trinajstić information content (AvgIpc) is 1.62. The van der Waals surface area contributed by atoms with Gasteiger partial charge in [0.1, 0.15) is 0 Å². The minimum atomic E-state index is 0.616. The van der Waals surface area contributed by atoms with Crippen LogP contribution in [0.15, 0.2) is 346 Å². The van der Waals surface area contributed by atoms with Gasteiger partial charge in [-0.2, -0.15) is 0 Å². The molecule has 0 saturated carbocycles.